The summed E-state index contributed by atoms with van der Waals surface area (Å²) in [5, 5.41) is 5.41. The van der Waals surface area contributed by atoms with Gasteiger partial charge >= 0.3 is 0 Å². The number of carbonyl (C=O) groups excluding carboxylic acids is 1. The molecule has 0 saturated carbocycles. The number of methoxy groups -OCH3 is 1. The first-order valence-electron chi connectivity index (χ1n) is 9.91. The quantitative estimate of drug-likeness (QED) is 0.661. The van der Waals surface area contributed by atoms with Crippen LogP contribution in [0.5, 0.6) is 5.75 Å². The van der Waals surface area contributed by atoms with Crippen molar-refractivity contribution in [3.8, 4) is 5.75 Å². The Bertz CT molecular complexity index is 1150. The Kier molecular flexibility index (Phi) is 5.39. The molecule has 0 radical (unpaired) electrons. The molecule has 1 saturated heterocycles. The second-order valence-electron chi connectivity index (χ2n) is 7.11. The van der Waals surface area contributed by atoms with Crippen molar-refractivity contribution in [3.63, 3.8) is 0 Å². The highest BCUT2D eigenvalue weighted by atomic mass is 19.1. The largest absolute Gasteiger partial charge is 0.494 e. The lowest BCUT2D eigenvalue weighted by Crippen LogP contribution is -2.49. The lowest BCUT2D eigenvalue weighted by atomic mass is 10.1. The van der Waals surface area contributed by atoms with E-state index >= 15 is 0 Å². The van der Waals surface area contributed by atoms with Crippen LogP contribution >= 0.6 is 0 Å². The van der Waals surface area contributed by atoms with E-state index in [4.69, 9.17) is 4.74 Å². The number of piperazine rings is 1. The van der Waals surface area contributed by atoms with Gasteiger partial charge in [-0.1, -0.05) is 18.2 Å². The number of aromatic nitrogens is 2. The van der Waals surface area contributed by atoms with Gasteiger partial charge in [0, 0.05) is 44.2 Å². The first kappa shape index (κ1) is 19.9. The molecule has 8 heteroatoms. The van der Waals surface area contributed by atoms with Gasteiger partial charge in [0.05, 0.1) is 18.2 Å². The number of anilines is 1. The second-order valence-corrected chi connectivity index (χ2v) is 7.11. The summed E-state index contributed by atoms with van der Waals surface area (Å²) in [5.41, 5.74) is 0.895. The van der Waals surface area contributed by atoms with Crippen molar-refractivity contribution >= 4 is 22.4 Å². The Morgan fingerprint density at radius 2 is 1.80 bits per heavy atom. The molecule has 0 unspecified atom stereocenters. The molecule has 1 aliphatic heterocycles. The lowest BCUT2D eigenvalue weighted by Gasteiger charge is -2.36. The molecule has 1 amide bonds. The zero-order valence-electron chi connectivity index (χ0n) is 17.0. The van der Waals surface area contributed by atoms with E-state index in [-0.39, 0.29) is 17.3 Å². The smallest absolute Gasteiger partial charge is 0.275 e. The summed E-state index contributed by atoms with van der Waals surface area (Å²) >= 11 is 0. The van der Waals surface area contributed by atoms with Crippen molar-refractivity contribution in [3.05, 3.63) is 64.3 Å². The lowest BCUT2D eigenvalue weighted by molar-refractivity contribution is 0.0740. The summed E-state index contributed by atoms with van der Waals surface area (Å²) in [6, 6.07) is 11.5. The highest BCUT2D eigenvalue weighted by Crippen LogP contribution is 2.30. The van der Waals surface area contributed by atoms with E-state index in [2.05, 4.69) is 10.00 Å². The van der Waals surface area contributed by atoms with Gasteiger partial charge < -0.3 is 14.5 Å². The van der Waals surface area contributed by atoms with Gasteiger partial charge in [-0.05, 0) is 25.1 Å². The molecule has 4 rings (SSSR count). The van der Waals surface area contributed by atoms with Gasteiger partial charge in [0.1, 0.15) is 11.6 Å². The fraction of sp³-hybridized carbons (Fsp3) is 0.318. The minimum atomic E-state index is -0.353. The Morgan fingerprint density at radius 1 is 1.10 bits per heavy atom. The highest BCUT2D eigenvalue weighted by Gasteiger charge is 2.27. The van der Waals surface area contributed by atoms with Crippen molar-refractivity contribution in [2.24, 2.45) is 0 Å². The molecule has 1 aliphatic rings. The van der Waals surface area contributed by atoms with Crippen LogP contribution in [0.1, 0.15) is 17.4 Å². The number of nitrogens with zero attached hydrogens (tertiary/aromatic N) is 4. The normalized spacial score (nSPS) is 14.2. The standard InChI is InChI=1S/C22H23FN4O3/c1-3-27-21(28)17-7-5-4-6-16(17)20(24-27)22(29)26-12-10-25(11-13-26)18-9-8-15(23)14-19(18)30-2/h4-9,14H,3,10-13H2,1-2H3. The van der Waals surface area contributed by atoms with Gasteiger partial charge in [0.25, 0.3) is 11.5 Å². The average molecular weight is 410 g/mol. The predicted octanol–water partition coefficient (Wildman–Crippen LogP) is 2.53. The SMILES string of the molecule is CCn1nc(C(=O)N2CCN(c3ccc(F)cc3OC)CC2)c2ccccc2c1=O. The van der Waals surface area contributed by atoms with E-state index in [1.165, 1.54) is 23.9 Å². The van der Waals surface area contributed by atoms with E-state index < -0.39 is 0 Å². The maximum Gasteiger partial charge on any atom is 0.275 e. The van der Waals surface area contributed by atoms with Crippen LogP contribution in [0.3, 0.4) is 0 Å². The fourth-order valence-corrected chi connectivity index (χ4v) is 3.82. The van der Waals surface area contributed by atoms with E-state index in [1.807, 2.05) is 6.92 Å². The van der Waals surface area contributed by atoms with Crippen molar-refractivity contribution < 1.29 is 13.9 Å². The van der Waals surface area contributed by atoms with Crippen molar-refractivity contribution in [1.29, 1.82) is 0 Å². The molecule has 0 aliphatic carbocycles. The van der Waals surface area contributed by atoms with Crippen LogP contribution in [0.2, 0.25) is 0 Å². The molecule has 1 aromatic heterocycles. The number of aryl methyl sites for hydroxylation is 1. The summed E-state index contributed by atoms with van der Waals surface area (Å²) < 4.78 is 20.1. The predicted molar refractivity (Wildman–Crippen MR) is 113 cm³/mol. The van der Waals surface area contributed by atoms with E-state index in [1.54, 1.807) is 35.2 Å². The molecule has 0 N–H and O–H groups in total. The molecule has 0 spiro atoms. The third-order valence-electron chi connectivity index (χ3n) is 5.42. The van der Waals surface area contributed by atoms with Crippen molar-refractivity contribution in [1.82, 2.24) is 14.7 Å². The number of amides is 1. The molecular weight excluding hydrogens is 387 g/mol. The first-order chi connectivity index (χ1) is 14.5. The maximum absolute atomic E-state index is 13.5. The second kappa shape index (κ2) is 8.14. The molecule has 2 aromatic carbocycles. The van der Waals surface area contributed by atoms with E-state index in [0.717, 1.165) is 5.69 Å². The van der Waals surface area contributed by atoms with Crippen LogP contribution in [0.25, 0.3) is 10.8 Å². The highest BCUT2D eigenvalue weighted by molar-refractivity contribution is 6.04. The van der Waals surface area contributed by atoms with Crippen LogP contribution in [0, 0.1) is 5.82 Å². The molecule has 0 atom stereocenters. The number of hydrogen-bond acceptors (Lipinski definition) is 5. The fourth-order valence-electron chi connectivity index (χ4n) is 3.82. The summed E-state index contributed by atoms with van der Waals surface area (Å²) in [6.45, 7) is 4.35. The van der Waals surface area contributed by atoms with Crippen molar-refractivity contribution in [2.45, 2.75) is 13.5 Å². The molecular formula is C22H23FN4O3. The Labute approximate surface area is 173 Å². The summed E-state index contributed by atoms with van der Waals surface area (Å²) in [4.78, 5) is 29.6. The van der Waals surface area contributed by atoms with Crippen LogP contribution in [-0.2, 0) is 6.54 Å². The summed E-state index contributed by atoms with van der Waals surface area (Å²) in [5.74, 6) is -0.0787. The topological polar surface area (TPSA) is 67.7 Å². The van der Waals surface area contributed by atoms with Crippen LogP contribution in [0.15, 0.2) is 47.3 Å². The van der Waals surface area contributed by atoms with E-state index in [9.17, 15) is 14.0 Å². The van der Waals surface area contributed by atoms with Crippen molar-refractivity contribution in [2.75, 3.05) is 38.2 Å². The van der Waals surface area contributed by atoms with Crippen LogP contribution < -0.4 is 15.2 Å². The van der Waals surface area contributed by atoms with Crippen LogP contribution in [0.4, 0.5) is 10.1 Å². The van der Waals surface area contributed by atoms with Gasteiger partial charge in [0.2, 0.25) is 0 Å². The molecule has 30 heavy (non-hydrogen) atoms. The molecule has 156 valence electrons. The van der Waals surface area contributed by atoms with E-state index in [0.29, 0.717) is 54.9 Å². The average Bonchev–Trinajstić information content (AvgIpc) is 2.79. The van der Waals surface area contributed by atoms with Gasteiger partial charge in [-0.2, -0.15) is 5.10 Å². The number of ether oxygens (including phenoxy) is 1. The monoisotopic (exact) mass is 410 g/mol. The Balaban J connectivity index is 1.59. The number of benzene rings is 2. The summed E-state index contributed by atoms with van der Waals surface area (Å²) in [7, 11) is 1.51. The van der Waals surface area contributed by atoms with Crippen LogP contribution in [-0.4, -0.2) is 53.9 Å². The Morgan fingerprint density at radius 3 is 2.47 bits per heavy atom. The summed E-state index contributed by atoms with van der Waals surface area (Å²) in [6.07, 6.45) is 0. The number of fused-ring (bicyclic) bond motifs is 1. The molecule has 1 fully saturated rings. The van der Waals surface area contributed by atoms with Gasteiger partial charge in [0.15, 0.2) is 5.69 Å². The zero-order chi connectivity index (χ0) is 21.3. The molecule has 7 nitrogen and oxygen atoms in total. The molecule has 0 bridgehead atoms. The Hall–Kier alpha value is -3.42. The van der Waals surface area contributed by atoms with Gasteiger partial charge in [-0.3, -0.25) is 9.59 Å². The number of hydrogen-bond donors (Lipinski definition) is 0. The third kappa shape index (κ3) is 3.49. The first-order valence-corrected chi connectivity index (χ1v) is 9.91. The minimum absolute atomic E-state index is 0.195. The number of halogens is 1. The number of rotatable bonds is 4. The molecule has 3 aromatic rings. The number of carbonyl (C=O) groups is 1. The zero-order valence-corrected chi connectivity index (χ0v) is 17.0. The minimum Gasteiger partial charge on any atom is -0.494 e. The molecule has 2 heterocycles. The van der Waals surface area contributed by atoms with Gasteiger partial charge in [-0.25, -0.2) is 9.07 Å². The van der Waals surface area contributed by atoms with Gasteiger partial charge in [-0.15, -0.1) is 0 Å². The third-order valence-corrected chi connectivity index (χ3v) is 5.42. The maximum atomic E-state index is 13.5.